The van der Waals surface area contributed by atoms with E-state index in [9.17, 15) is 19.5 Å². The van der Waals surface area contributed by atoms with Crippen molar-refractivity contribution in [2.75, 3.05) is 12.3 Å². The van der Waals surface area contributed by atoms with Crippen molar-refractivity contribution in [1.29, 1.82) is 0 Å². The Labute approximate surface area is 127 Å². The first-order valence-corrected chi connectivity index (χ1v) is 8.00. The third-order valence-electron chi connectivity index (χ3n) is 3.84. The molecule has 2 aliphatic heterocycles. The predicted molar refractivity (Wildman–Crippen MR) is 79.4 cm³/mol. The Morgan fingerprint density at radius 1 is 1.48 bits per heavy atom. The third kappa shape index (κ3) is 2.92. The minimum Gasteiger partial charge on any atom is -0.477 e. The van der Waals surface area contributed by atoms with Crippen molar-refractivity contribution in [3.8, 4) is 0 Å². The summed E-state index contributed by atoms with van der Waals surface area (Å²) in [7, 11) is 0. The lowest BCUT2D eigenvalue weighted by atomic mass is 9.79. The van der Waals surface area contributed by atoms with Crippen LogP contribution < -0.4 is 5.32 Å². The van der Waals surface area contributed by atoms with Crippen LogP contribution in [0.5, 0.6) is 0 Å². The lowest BCUT2D eigenvalue weighted by Crippen LogP contribution is -2.60. The van der Waals surface area contributed by atoms with Gasteiger partial charge >= 0.3 is 5.97 Å². The van der Waals surface area contributed by atoms with E-state index in [1.807, 2.05) is 13.8 Å². The van der Waals surface area contributed by atoms with E-state index in [0.717, 1.165) is 4.91 Å². The number of hydrogen-bond acceptors (Lipinski definition) is 4. The molecular formula is C14H20N2O4S. The van der Waals surface area contributed by atoms with Crippen LogP contribution in [0.25, 0.3) is 0 Å². The van der Waals surface area contributed by atoms with Gasteiger partial charge in [0.05, 0.1) is 12.0 Å². The topological polar surface area (TPSA) is 86.7 Å². The van der Waals surface area contributed by atoms with Crippen molar-refractivity contribution in [3.05, 3.63) is 10.6 Å². The van der Waals surface area contributed by atoms with E-state index in [4.69, 9.17) is 0 Å². The minimum absolute atomic E-state index is 0.00753. The van der Waals surface area contributed by atoms with Gasteiger partial charge in [0.1, 0.15) is 5.70 Å². The zero-order chi connectivity index (χ0) is 15.7. The number of hydrogen-bond donors (Lipinski definition) is 2. The molecule has 2 amide bonds. The minimum atomic E-state index is -1.05. The van der Waals surface area contributed by atoms with Gasteiger partial charge < -0.3 is 15.3 Å². The Bertz CT molecular complexity index is 515. The Hall–Kier alpha value is -1.50. The first-order chi connectivity index (χ1) is 9.84. The van der Waals surface area contributed by atoms with E-state index in [1.54, 1.807) is 0 Å². The van der Waals surface area contributed by atoms with Crippen LogP contribution in [-0.4, -0.2) is 46.1 Å². The molecule has 0 aromatic carbocycles. The van der Waals surface area contributed by atoms with E-state index in [0.29, 0.717) is 18.7 Å². The second-order valence-corrected chi connectivity index (χ2v) is 6.85. The Morgan fingerprint density at radius 3 is 2.67 bits per heavy atom. The molecule has 2 N–H and O–H groups in total. The molecule has 0 unspecified atom stereocenters. The van der Waals surface area contributed by atoms with E-state index >= 15 is 0 Å². The summed E-state index contributed by atoms with van der Waals surface area (Å²) >= 11 is 1.42. The molecule has 0 aliphatic carbocycles. The standard InChI is InChI=1S/C14H20N2O4S/c1-7(2)11-9-6-10(21-5-4-15-8(3)17)12(14(19)20)16(9)13(11)18/h7,9,11H,4-6H2,1-3H3,(H,15,17)(H,19,20)/t9-,11-/m0/s1. The first kappa shape index (κ1) is 15.9. The van der Waals surface area contributed by atoms with Crippen LogP contribution in [0.1, 0.15) is 27.2 Å². The van der Waals surface area contributed by atoms with Gasteiger partial charge in [-0.25, -0.2) is 4.79 Å². The number of nitrogens with one attached hydrogen (secondary N) is 1. The lowest BCUT2D eigenvalue weighted by molar-refractivity contribution is -0.157. The molecule has 0 saturated carbocycles. The molecule has 2 heterocycles. The summed E-state index contributed by atoms with van der Waals surface area (Å²) in [6.07, 6.45) is 0.612. The van der Waals surface area contributed by atoms with Crippen molar-refractivity contribution in [2.24, 2.45) is 11.8 Å². The number of fused-ring (bicyclic) bond motifs is 1. The number of nitrogens with zero attached hydrogens (tertiary/aromatic N) is 1. The average Bonchev–Trinajstić information content (AvgIpc) is 2.68. The van der Waals surface area contributed by atoms with Crippen LogP contribution in [0, 0.1) is 11.8 Å². The number of amides is 2. The Kier molecular flexibility index (Phi) is 4.61. The summed E-state index contributed by atoms with van der Waals surface area (Å²) < 4.78 is 0. The Morgan fingerprint density at radius 2 is 2.14 bits per heavy atom. The highest BCUT2D eigenvalue weighted by Crippen LogP contribution is 2.48. The molecule has 2 rings (SSSR count). The van der Waals surface area contributed by atoms with E-state index in [1.165, 1.54) is 23.6 Å². The molecule has 21 heavy (non-hydrogen) atoms. The molecule has 0 aromatic heterocycles. The first-order valence-electron chi connectivity index (χ1n) is 7.01. The zero-order valence-corrected chi connectivity index (χ0v) is 13.2. The fourth-order valence-electron chi connectivity index (χ4n) is 2.96. The largest absolute Gasteiger partial charge is 0.477 e. The fourth-order valence-corrected chi connectivity index (χ4v) is 4.02. The Balaban J connectivity index is 2.04. The van der Waals surface area contributed by atoms with Crippen molar-refractivity contribution in [3.63, 3.8) is 0 Å². The number of carboxylic acid groups (broad SMARTS) is 1. The highest BCUT2D eigenvalue weighted by Gasteiger charge is 2.55. The summed E-state index contributed by atoms with van der Waals surface area (Å²) in [5.74, 6) is -0.481. The molecule has 116 valence electrons. The third-order valence-corrected chi connectivity index (χ3v) is 4.96. The van der Waals surface area contributed by atoms with Gasteiger partial charge in [-0.3, -0.25) is 9.59 Å². The quantitative estimate of drug-likeness (QED) is 0.565. The molecule has 0 bridgehead atoms. The SMILES string of the molecule is CC(=O)NCCSC1=C(C(=O)O)N2C(=O)[C@@H](C(C)C)[C@@H]2C1. The number of β-lactam (4-membered cyclic amide) rings is 1. The van der Waals surface area contributed by atoms with Gasteiger partial charge in [-0.05, 0) is 5.92 Å². The average molecular weight is 312 g/mol. The molecule has 1 saturated heterocycles. The van der Waals surface area contributed by atoms with E-state index in [2.05, 4.69) is 5.32 Å². The van der Waals surface area contributed by atoms with Crippen LogP contribution in [0.2, 0.25) is 0 Å². The van der Waals surface area contributed by atoms with Crippen LogP contribution in [0.4, 0.5) is 0 Å². The summed E-state index contributed by atoms with van der Waals surface area (Å²) in [6.45, 7) is 5.91. The molecule has 0 aromatic rings. The smallest absolute Gasteiger partial charge is 0.353 e. The van der Waals surface area contributed by atoms with Gasteiger partial charge in [0.15, 0.2) is 0 Å². The normalized spacial score (nSPS) is 24.2. The van der Waals surface area contributed by atoms with Gasteiger partial charge in [0.25, 0.3) is 0 Å². The summed E-state index contributed by atoms with van der Waals surface area (Å²) in [4.78, 5) is 36.5. The van der Waals surface area contributed by atoms with Crippen molar-refractivity contribution < 1.29 is 19.5 Å². The zero-order valence-electron chi connectivity index (χ0n) is 12.4. The van der Waals surface area contributed by atoms with Crippen LogP contribution in [0.3, 0.4) is 0 Å². The van der Waals surface area contributed by atoms with Crippen LogP contribution in [0.15, 0.2) is 10.6 Å². The van der Waals surface area contributed by atoms with Gasteiger partial charge in [0, 0.05) is 30.5 Å². The fraction of sp³-hybridized carbons (Fsp3) is 0.643. The highest BCUT2D eigenvalue weighted by atomic mass is 32.2. The van der Waals surface area contributed by atoms with Crippen LogP contribution in [-0.2, 0) is 14.4 Å². The van der Waals surface area contributed by atoms with E-state index < -0.39 is 5.97 Å². The number of rotatable bonds is 6. The van der Waals surface area contributed by atoms with Crippen molar-refractivity contribution >= 4 is 29.5 Å². The monoisotopic (exact) mass is 312 g/mol. The molecule has 2 atom stereocenters. The maximum absolute atomic E-state index is 12.1. The predicted octanol–water partition coefficient (Wildman–Crippen LogP) is 1.04. The van der Waals surface area contributed by atoms with Crippen LogP contribution >= 0.6 is 11.8 Å². The second-order valence-electron chi connectivity index (χ2n) is 5.66. The van der Waals surface area contributed by atoms with Gasteiger partial charge in [-0.15, -0.1) is 11.8 Å². The molecule has 6 nitrogen and oxygen atoms in total. The number of carbonyl (C=O) groups is 3. The lowest BCUT2D eigenvalue weighted by Gasteiger charge is -2.45. The van der Waals surface area contributed by atoms with Gasteiger partial charge in [-0.2, -0.15) is 0 Å². The molecule has 0 spiro atoms. The molecule has 7 heteroatoms. The summed E-state index contributed by atoms with van der Waals surface area (Å²) in [5, 5.41) is 12.0. The number of aliphatic carboxylic acids is 1. The summed E-state index contributed by atoms with van der Waals surface area (Å²) in [5.41, 5.74) is 0.134. The number of carbonyl (C=O) groups excluding carboxylic acids is 2. The maximum Gasteiger partial charge on any atom is 0.353 e. The number of thioether (sulfide) groups is 1. The molecular weight excluding hydrogens is 292 g/mol. The number of carboxylic acids is 1. The molecule has 1 fully saturated rings. The van der Waals surface area contributed by atoms with Gasteiger partial charge in [0.2, 0.25) is 11.8 Å². The van der Waals surface area contributed by atoms with E-state index in [-0.39, 0.29) is 35.4 Å². The summed E-state index contributed by atoms with van der Waals surface area (Å²) in [6, 6.07) is -0.00753. The second kappa shape index (κ2) is 6.09. The molecule has 2 aliphatic rings. The van der Waals surface area contributed by atoms with Crippen molar-refractivity contribution in [2.45, 2.75) is 33.2 Å². The van der Waals surface area contributed by atoms with Crippen molar-refractivity contribution in [1.82, 2.24) is 10.2 Å². The maximum atomic E-state index is 12.1. The van der Waals surface area contributed by atoms with Gasteiger partial charge in [-0.1, -0.05) is 13.8 Å². The highest BCUT2D eigenvalue weighted by molar-refractivity contribution is 8.03. The molecule has 0 radical (unpaired) electrons.